The Hall–Kier alpha value is -0.860. The van der Waals surface area contributed by atoms with E-state index in [-0.39, 0.29) is 29.4 Å². The van der Waals surface area contributed by atoms with Gasteiger partial charge in [-0.2, -0.15) is 0 Å². The Bertz CT molecular complexity index is 585. The molecule has 0 aromatic heterocycles. The van der Waals surface area contributed by atoms with Crippen molar-refractivity contribution in [3.8, 4) is 0 Å². The first-order chi connectivity index (χ1) is 12.6. The Balaban J connectivity index is 0.00000261. The first-order valence-corrected chi connectivity index (χ1v) is 10.0. The van der Waals surface area contributed by atoms with Gasteiger partial charge in [0.2, 0.25) is 0 Å². The second-order valence-electron chi connectivity index (χ2n) is 8.06. The highest BCUT2D eigenvalue weighted by Gasteiger charge is 2.35. The van der Waals surface area contributed by atoms with E-state index in [9.17, 15) is 0 Å². The van der Waals surface area contributed by atoms with Crippen LogP contribution in [0.1, 0.15) is 31.2 Å². The molecule has 0 amide bonds. The molecule has 1 aliphatic heterocycles. The summed E-state index contributed by atoms with van der Waals surface area (Å²) in [5, 5.41) is 7.18. The van der Waals surface area contributed by atoms with E-state index in [2.05, 4.69) is 69.9 Å². The van der Waals surface area contributed by atoms with E-state index in [1.807, 2.05) is 7.05 Å². The summed E-state index contributed by atoms with van der Waals surface area (Å²) in [4.78, 5) is 9.32. The monoisotopic (exact) mass is 485 g/mol. The number of piperazine rings is 1. The molecule has 1 saturated carbocycles. The zero-order valence-corrected chi connectivity index (χ0v) is 19.4. The van der Waals surface area contributed by atoms with E-state index < -0.39 is 0 Å². The van der Waals surface area contributed by atoms with Gasteiger partial charge in [-0.15, -0.1) is 24.0 Å². The molecule has 0 spiro atoms. The van der Waals surface area contributed by atoms with Crippen LogP contribution in [0.5, 0.6) is 0 Å². The van der Waals surface area contributed by atoms with Gasteiger partial charge in [0.1, 0.15) is 0 Å². The van der Waals surface area contributed by atoms with Gasteiger partial charge < -0.3 is 15.5 Å². The fourth-order valence-electron chi connectivity index (χ4n) is 4.42. The number of guanidine groups is 1. The van der Waals surface area contributed by atoms with Crippen LogP contribution in [-0.4, -0.2) is 75.7 Å². The summed E-state index contributed by atoms with van der Waals surface area (Å²) in [6.07, 6.45) is 5.16. The summed E-state index contributed by atoms with van der Waals surface area (Å²) in [5.74, 6) is 0.925. The van der Waals surface area contributed by atoms with Crippen LogP contribution in [-0.2, 0) is 5.41 Å². The van der Waals surface area contributed by atoms with Gasteiger partial charge in [0.05, 0.1) is 0 Å². The van der Waals surface area contributed by atoms with Crippen LogP contribution >= 0.6 is 24.0 Å². The van der Waals surface area contributed by atoms with Gasteiger partial charge in [0.25, 0.3) is 0 Å². The van der Waals surface area contributed by atoms with E-state index in [0.717, 1.165) is 38.7 Å². The van der Waals surface area contributed by atoms with Crippen LogP contribution in [0.4, 0.5) is 0 Å². The van der Waals surface area contributed by atoms with Crippen molar-refractivity contribution in [2.24, 2.45) is 4.99 Å². The van der Waals surface area contributed by atoms with Crippen LogP contribution in [0, 0.1) is 0 Å². The standard InChI is InChI=1S/C21H35N5.HI/c1-22-20(23-15-19-16-25(2)13-14-26(19)3)24-17-21(11-7-8-12-21)18-9-5-4-6-10-18;/h4-6,9-10,19H,7-8,11-17H2,1-3H3,(H2,22,23,24);1H. The topological polar surface area (TPSA) is 42.9 Å². The normalized spacial score (nSPS) is 23.7. The van der Waals surface area contributed by atoms with Crippen LogP contribution in [0.15, 0.2) is 35.3 Å². The second kappa shape index (κ2) is 10.6. The third-order valence-electron chi connectivity index (χ3n) is 6.25. The van der Waals surface area contributed by atoms with Crippen molar-refractivity contribution in [1.29, 1.82) is 0 Å². The molecule has 2 fully saturated rings. The second-order valence-corrected chi connectivity index (χ2v) is 8.06. The minimum Gasteiger partial charge on any atom is -0.356 e. The number of aliphatic imine (C=N–C) groups is 1. The molecule has 2 N–H and O–H groups in total. The molecular formula is C21H36IN5. The lowest BCUT2D eigenvalue weighted by atomic mass is 9.79. The van der Waals surface area contributed by atoms with Crippen molar-refractivity contribution in [1.82, 2.24) is 20.4 Å². The molecule has 1 aromatic rings. The molecule has 1 aliphatic carbocycles. The average molecular weight is 485 g/mol. The Labute approximate surface area is 182 Å². The molecule has 152 valence electrons. The maximum Gasteiger partial charge on any atom is 0.191 e. The third-order valence-corrected chi connectivity index (χ3v) is 6.25. The molecule has 1 unspecified atom stereocenters. The largest absolute Gasteiger partial charge is 0.356 e. The SMILES string of the molecule is CN=C(NCC1CN(C)CCN1C)NCC1(c2ccccc2)CCCC1.I. The maximum atomic E-state index is 4.46. The van der Waals surface area contributed by atoms with Crippen LogP contribution in [0.3, 0.4) is 0 Å². The Morgan fingerprint density at radius 3 is 2.48 bits per heavy atom. The fourth-order valence-corrected chi connectivity index (χ4v) is 4.42. The van der Waals surface area contributed by atoms with Gasteiger partial charge in [-0.1, -0.05) is 43.2 Å². The van der Waals surface area contributed by atoms with Gasteiger partial charge in [0.15, 0.2) is 5.96 Å². The Morgan fingerprint density at radius 2 is 1.81 bits per heavy atom. The highest BCUT2D eigenvalue weighted by atomic mass is 127. The van der Waals surface area contributed by atoms with Gasteiger partial charge in [0, 0.05) is 51.2 Å². The number of nitrogens with zero attached hydrogens (tertiary/aromatic N) is 3. The summed E-state index contributed by atoms with van der Waals surface area (Å²) in [6, 6.07) is 11.5. The van der Waals surface area contributed by atoms with Crippen molar-refractivity contribution in [2.45, 2.75) is 37.1 Å². The van der Waals surface area contributed by atoms with Crippen LogP contribution in [0.25, 0.3) is 0 Å². The molecule has 27 heavy (non-hydrogen) atoms. The fraction of sp³-hybridized carbons (Fsp3) is 0.667. The molecule has 0 bridgehead atoms. The number of benzene rings is 1. The Kier molecular flexibility index (Phi) is 8.82. The molecule has 2 aliphatic rings. The number of hydrogen-bond donors (Lipinski definition) is 2. The smallest absolute Gasteiger partial charge is 0.191 e. The quantitative estimate of drug-likeness (QED) is 0.382. The van der Waals surface area contributed by atoms with E-state index in [4.69, 9.17) is 0 Å². The molecule has 1 atom stereocenters. The van der Waals surface area contributed by atoms with Crippen molar-refractivity contribution >= 4 is 29.9 Å². The molecular weight excluding hydrogens is 449 g/mol. The lowest BCUT2D eigenvalue weighted by molar-refractivity contribution is 0.116. The highest BCUT2D eigenvalue weighted by Crippen LogP contribution is 2.40. The third kappa shape index (κ3) is 5.81. The predicted octanol–water partition coefficient (Wildman–Crippen LogP) is 2.53. The van der Waals surface area contributed by atoms with Gasteiger partial charge in [-0.3, -0.25) is 9.89 Å². The van der Waals surface area contributed by atoms with Gasteiger partial charge in [-0.25, -0.2) is 0 Å². The zero-order valence-electron chi connectivity index (χ0n) is 17.1. The van der Waals surface area contributed by atoms with Crippen molar-refractivity contribution in [3.63, 3.8) is 0 Å². The molecule has 6 heteroatoms. The Morgan fingerprint density at radius 1 is 1.11 bits per heavy atom. The van der Waals surface area contributed by atoms with Gasteiger partial charge in [-0.05, 0) is 32.5 Å². The lowest BCUT2D eigenvalue weighted by Crippen LogP contribution is -2.56. The number of hydrogen-bond acceptors (Lipinski definition) is 3. The van der Waals surface area contributed by atoms with E-state index >= 15 is 0 Å². The van der Waals surface area contributed by atoms with Gasteiger partial charge >= 0.3 is 0 Å². The minimum absolute atomic E-state index is 0. The summed E-state index contributed by atoms with van der Waals surface area (Å²) in [6.45, 7) is 5.27. The summed E-state index contributed by atoms with van der Waals surface area (Å²) < 4.78 is 0. The minimum atomic E-state index is 0. The van der Waals surface area contributed by atoms with Crippen molar-refractivity contribution in [3.05, 3.63) is 35.9 Å². The van der Waals surface area contributed by atoms with E-state index in [1.54, 1.807) is 0 Å². The van der Waals surface area contributed by atoms with E-state index in [0.29, 0.717) is 6.04 Å². The summed E-state index contributed by atoms with van der Waals surface area (Å²) in [7, 11) is 6.30. The summed E-state index contributed by atoms with van der Waals surface area (Å²) >= 11 is 0. The van der Waals surface area contributed by atoms with E-state index in [1.165, 1.54) is 31.2 Å². The molecule has 0 radical (unpaired) electrons. The zero-order chi connectivity index (χ0) is 18.4. The molecule has 5 nitrogen and oxygen atoms in total. The first-order valence-electron chi connectivity index (χ1n) is 10.0. The lowest BCUT2D eigenvalue weighted by Gasteiger charge is -2.38. The number of likely N-dealkylation sites (N-methyl/N-ethyl adjacent to an activating group) is 2. The molecule has 1 aromatic carbocycles. The average Bonchev–Trinajstić information content (AvgIpc) is 3.15. The van der Waals surface area contributed by atoms with Crippen LogP contribution in [0.2, 0.25) is 0 Å². The van der Waals surface area contributed by atoms with Crippen molar-refractivity contribution < 1.29 is 0 Å². The summed E-state index contributed by atoms with van der Waals surface area (Å²) in [5.41, 5.74) is 1.72. The number of nitrogens with one attached hydrogen (secondary N) is 2. The first kappa shape index (κ1) is 22.4. The highest BCUT2D eigenvalue weighted by molar-refractivity contribution is 14.0. The molecule has 1 heterocycles. The number of rotatable bonds is 5. The molecule has 1 saturated heterocycles. The van der Waals surface area contributed by atoms with Crippen molar-refractivity contribution in [2.75, 3.05) is 53.9 Å². The molecule has 3 rings (SSSR count). The maximum absolute atomic E-state index is 4.46. The number of halogens is 1. The predicted molar refractivity (Wildman–Crippen MR) is 125 cm³/mol. The van der Waals surface area contributed by atoms with Crippen LogP contribution < -0.4 is 10.6 Å².